The fourth-order valence-corrected chi connectivity index (χ4v) is 2.37. The van der Waals surface area contributed by atoms with Crippen molar-refractivity contribution in [2.75, 3.05) is 20.2 Å². The maximum absolute atomic E-state index is 9.24. The van der Waals surface area contributed by atoms with Gasteiger partial charge >= 0.3 is 0 Å². The molecule has 0 amide bonds. The third-order valence-corrected chi connectivity index (χ3v) is 3.52. The van der Waals surface area contributed by atoms with E-state index < -0.39 is 0 Å². The summed E-state index contributed by atoms with van der Waals surface area (Å²) >= 11 is 0. The summed E-state index contributed by atoms with van der Waals surface area (Å²) < 4.78 is 0. The fourth-order valence-electron chi connectivity index (χ4n) is 2.37. The zero-order chi connectivity index (χ0) is 13.0. The van der Waals surface area contributed by atoms with Gasteiger partial charge in [0.25, 0.3) is 0 Å². The summed E-state index contributed by atoms with van der Waals surface area (Å²) in [5.74, 6) is 0.375. The van der Waals surface area contributed by atoms with Gasteiger partial charge in [-0.2, -0.15) is 0 Å². The Morgan fingerprint density at radius 2 is 2.11 bits per heavy atom. The Kier molecular flexibility index (Phi) is 4.39. The van der Waals surface area contributed by atoms with Crippen LogP contribution in [0.5, 0.6) is 0 Å². The van der Waals surface area contributed by atoms with E-state index in [9.17, 15) is 5.11 Å². The number of para-hydroxylation sites is 1. The van der Waals surface area contributed by atoms with Gasteiger partial charge < -0.3 is 15.0 Å². The molecule has 2 aromatic rings. The van der Waals surface area contributed by atoms with E-state index in [2.05, 4.69) is 48.3 Å². The lowest BCUT2D eigenvalue weighted by molar-refractivity contribution is 0.173. The highest BCUT2D eigenvalue weighted by Gasteiger charge is 2.10. The third kappa shape index (κ3) is 2.92. The van der Waals surface area contributed by atoms with Crippen LogP contribution in [0, 0.1) is 5.92 Å². The minimum atomic E-state index is 0.273. The van der Waals surface area contributed by atoms with Crippen molar-refractivity contribution in [2.24, 2.45) is 5.92 Å². The second-order valence-electron chi connectivity index (χ2n) is 5.01. The zero-order valence-electron chi connectivity index (χ0n) is 11.2. The van der Waals surface area contributed by atoms with Crippen LogP contribution in [0.2, 0.25) is 0 Å². The van der Waals surface area contributed by atoms with Crippen LogP contribution >= 0.6 is 0 Å². The third-order valence-electron chi connectivity index (χ3n) is 3.52. The molecule has 1 aromatic carbocycles. The fraction of sp³-hybridized carbons (Fsp3) is 0.467. The first kappa shape index (κ1) is 13.1. The van der Waals surface area contributed by atoms with Gasteiger partial charge in [0.2, 0.25) is 0 Å². The van der Waals surface area contributed by atoms with E-state index in [1.54, 1.807) is 0 Å². The number of hydrogen-bond acceptors (Lipinski definition) is 2. The van der Waals surface area contributed by atoms with Crippen LogP contribution in [0.25, 0.3) is 10.9 Å². The molecule has 0 bridgehead atoms. The number of aliphatic hydroxyl groups is 1. The molecule has 0 saturated heterocycles. The van der Waals surface area contributed by atoms with Crippen LogP contribution in [0.4, 0.5) is 0 Å². The van der Waals surface area contributed by atoms with Gasteiger partial charge in [0.1, 0.15) is 0 Å². The number of fused-ring (bicyclic) bond motifs is 1. The molecule has 0 aliphatic rings. The van der Waals surface area contributed by atoms with Gasteiger partial charge in [-0.15, -0.1) is 0 Å². The maximum Gasteiger partial charge on any atom is 0.0471 e. The van der Waals surface area contributed by atoms with Crippen LogP contribution in [-0.4, -0.2) is 35.2 Å². The van der Waals surface area contributed by atoms with E-state index in [4.69, 9.17) is 0 Å². The molecule has 98 valence electrons. The number of nitrogens with zero attached hydrogens (tertiary/aromatic N) is 1. The smallest absolute Gasteiger partial charge is 0.0471 e. The molecule has 2 rings (SSSR count). The molecule has 1 heterocycles. The van der Waals surface area contributed by atoms with Crippen LogP contribution in [0.1, 0.15) is 18.9 Å². The first-order valence-corrected chi connectivity index (χ1v) is 6.59. The lowest BCUT2D eigenvalue weighted by atomic mass is 10.1. The number of aromatic nitrogens is 1. The van der Waals surface area contributed by atoms with Gasteiger partial charge in [0.05, 0.1) is 0 Å². The summed E-state index contributed by atoms with van der Waals surface area (Å²) in [7, 11) is 2.11. The van der Waals surface area contributed by atoms with Crippen LogP contribution < -0.4 is 0 Å². The van der Waals surface area contributed by atoms with Crippen molar-refractivity contribution in [2.45, 2.75) is 19.9 Å². The predicted octanol–water partition coefficient (Wildman–Crippen LogP) is 2.62. The highest BCUT2D eigenvalue weighted by Crippen LogP contribution is 2.19. The first-order valence-electron chi connectivity index (χ1n) is 6.59. The minimum Gasteiger partial charge on any atom is -0.396 e. The Hall–Kier alpha value is -1.32. The Morgan fingerprint density at radius 3 is 2.83 bits per heavy atom. The molecular weight excluding hydrogens is 224 g/mol. The second kappa shape index (κ2) is 6.03. The molecular formula is C15H22N2O. The molecule has 1 atom stereocenters. The molecule has 0 radical (unpaired) electrons. The highest BCUT2D eigenvalue weighted by atomic mass is 16.3. The second-order valence-corrected chi connectivity index (χ2v) is 5.01. The van der Waals surface area contributed by atoms with E-state index >= 15 is 0 Å². The van der Waals surface area contributed by atoms with Crippen molar-refractivity contribution in [3.63, 3.8) is 0 Å². The Morgan fingerprint density at radius 1 is 1.33 bits per heavy atom. The van der Waals surface area contributed by atoms with Crippen LogP contribution in [0.15, 0.2) is 30.5 Å². The molecule has 1 unspecified atom stereocenters. The lowest BCUT2D eigenvalue weighted by Gasteiger charge is -2.21. The molecule has 0 aliphatic carbocycles. The van der Waals surface area contributed by atoms with Gasteiger partial charge in [0.15, 0.2) is 0 Å². The lowest BCUT2D eigenvalue weighted by Crippen LogP contribution is -2.26. The van der Waals surface area contributed by atoms with E-state index in [-0.39, 0.29) is 6.61 Å². The first-order chi connectivity index (χ1) is 8.74. The predicted molar refractivity (Wildman–Crippen MR) is 75.5 cm³/mol. The number of aliphatic hydroxyl groups excluding tert-OH is 1. The number of nitrogens with one attached hydrogen (secondary N) is 1. The van der Waals surface area contributed by atoms with Gasteiger partial charge in [0, 0.05) is 36.8 Å². The van der Waals surface area contributed by atoms with Crippen molar-refractivity contribution in [3.05, 3.63) is 36.0 Å². The van der Waals surface area contributed by atoms with Gasteiger partial charge in [-0.05, 0) is 31.0 Å². The normalized spacial score (nSPS) is 13.3. The summed E-state index contributed by atoms with van der Waals surface area (Å²) in [6, 6.07) is 8.37. The Labute approximate surface area is 108 Å². The quantitative estimate of drug-likeness (QED) is 0.822. The van der Waals surface area contributed by atoms with Crippen molar-refractivity contribution in [1.29, 1.82) is 0 Å². The molecule has 3 nitrogen and oxygen atoms in total. The van der Waals surface area contributed by atoms with E-state index in [1.165, 1.54) is 16.5 Å². The highest BCUT2D eigenvalue weighted by molar-refractivity contribution is 5.82. The molecule has 0 aliphatic heterocycles. The standard InChI is InChI=1S/C15H22N2O/c1-3-12(11-18)9-17(2)10-13-8-16-15-7-5-4-6-14(13)15/h4-8,12,16,18H,3,9-11H2,1-2H3. The monoisotopic (exact) mass is 246 g/mol. The number of H-pyrrole nitrogens is 1. The molecule has 18 heavy (non-hydrogen) atoms. The molecule has 1 aromatic heterocycles. The molecule has 3 heteroatoms. The summed E-state index contributed by atoms with van der Waals surface area (Å²) in [5, 5.41) is 10.5. The van der Waals surface area contributed by atoms with Gasteiger partial charge in [-0.25, -0.2) is 0 Å². The zero-order valence-corrected chi connectivity index (χ0v) is 11.2. The number of hydrogen-bond donors (Lipinski definition) is 2. The van der Waals surface area contributed by atoms with Crippen molar-refractivity contribution in [3.8, 4) is 0 Å². The molecule has 0 spiro atoms. The van der Waals surface area contributed by atoms with Crippen molar-refractivity contribution < 1.29 is 5.11 Å². The van der Waals surface area contributed by atoms with E-state index in [1.807, 2.05) is 6.07 Å². The van der Waals surface area contributed by atoms with Crippen molar-refractivity contribution >= 4 is 10.9 Å². The SMILES string of the molecule is CCC(CO)CN(C)Cc1c[nH]c2ccccc12. The van der Waals surface area contributed by atoms with Crippen LogP contribution in [0.3, 0.4) is 0 Å². The van der Waals surface area contributed by atoms with Crippen molar-refractivity contribution in [1.82, 2.24) is 9.88 Å². The minimum absolute atomic E-state index is 0.273. The largest absolute Gasteiger partial charge is 0.396 e. The topological polar surface area (TPSA) is 39.3 Å². The average molecular weight is 246 g/mol. The maximum atomic E-state index is 9.24. The van der Waals surface area contributed by atoms with Gasteiger partial charge in [-0.3, -0.25) is 0 Å². The average Bonchev–Trinajstić information content (AvgIpc) is 2.79. The summed E-state index contributed by atoms with van der Waals surface area (Å²) in [6.07, 6.45) is 3.11. The number of benzene rings is 1. The summed E-state index contributed by atoms with van der Waals surface area (Å²) in [5.41, 5.74) is 2.51. The summed E-state index contributed by atoms with van der Waals surface area (Å²) in [6.45, 7) is 4.25. The summed E-state index contributed by atoms with van der Waals surface area (Å²) in [4.78, 5) is 5.58. The molecule has 2 N–H and O–H groups in total. The van der Waals surface area contributed by atoms with Crippen LogP contribution in [-0.2, 0) is 6.54 Å². The van der Waals surface area contributed by atoms with E-state index in [0.29, 0.717) is 5.92 Å². The van der Waals surface area contributed by atoms with E-state index in [0.717, 1.165) is 19.5 Å². The Bertz CT molecular complexity index is 488. The number of rotatable bonds is 6. The Balaban J connectivity index is 2.04. The van der Waals surface area contributed by atoms with Gasteiger partial charge in [-0.1, -0.05) is 25.1 Å². The number of aromatic amines is 1. The molecule has 0 saturated carbocycles. The molecule has 0 fully saturated rings.